The smallest absolute Gasteiger partial charge is 0.227 e. The Morgan fingerprint density at radius 3 is 2.63 bits per heavy atom. The molecule has 0 bridgehead atoms. The zero-order chi connectivity index (χ0) is 19.2. The Hall–Kier alpha value is -2.82. The molecule has 5 heteroatoms. The molecule has 0 aliphatic carbocycles. The van der Waals surface area contributed by atoms with Crippen LogP contribution in [0.5, 0.6) is 5.75 Å². The number of hydrogen-bond acceptors (Lipinski definition) is 3. The number of nitrogens with zero attached hydrogens (tertiary/aromatic N) is 1. The van der Waals surface area contributed by atoms with Gasteiger partial charge in [-0.25, -0.2) is 0 Å². The van der Waals surface area contributed by atoms with Crippen molar-refractivity contribution in [2.24, 2.45) is 0 Å². The fourth-order valence-corrected chi connectivity index (χ4v) is 3.12. The second-order valence-corrected chi connectivity index (χ2v) is 6.96. The van der Waals surface area contributed by atoms with Crippen LogP contribution in [0.1, 0.15) is 36.0 Å². The molecule has 27 heavy (non-hydrogen) atoms. The fourth-order valence-electron chi connectivity index (χ4n) is 3.12. The third-order valence-corrected chi connectivity index (χ3v) is 4.74. The lowest BCUT2D eigenvalue weighted by molar-refractivity contribution is -0.121. The normalized spacial score (nSPS) is 13.7. The van der Waals surface area contributed by atoms with Gasteiger partial charge in [-0.15, -0.1) is 0 Å². The van der Waals surface area contributed by atoms with Crippen molar-refractivity contribution >= 4 is 17.5 Å². The van der Waals surface area contributed by atoms with Crippen molar-refractivity contribution in [3.8, 4) is 5.75 Å². The summed E-state index contributed by atoms with van der Waals surface area (Å²) in [6.07, 6.45) is 1.86. The number of rotatable bonds is 7. The Morgan fingerprint density at radius 1 is 1.15 bits per heavy atom. The van der Waals surface area contributed by atoms with Crippen LogP contribution in [0.4, 0.5) is 5.69 Å². The molecule has 1 aliphatic rings. The maximum absolute atomic E-state index is 12.0. The van der Waals surface area contributed by atoms with Gasteiger partial charge in [0.1, 0.15) is 5.75 Å². The number of ether oxygens (including phenoxy) is 1. The van der Waals surface area contributed by atoms with E-state index in [1.165, 1.54) is 0 Å². The maximum atomic E-state index is 12.0. The van der Waals surface area contributed by atoms with Crippen LogP contribution in [0.3, 0.4) is 0 Å². The zero-order valence-electron chi connectivity index (χ0n) is 16.0. The van der Waals surface area contributed by atoms with Gasteiger partial charge in [0.15, 0.2) is 0 Å². The molecule has 142 valence electrons. The van der Waals surface area contributed by atoms with Crippen LogP contribution in [0.25, 0.3) is 0 Å². The van der Waals surface area contributed by atoms with Crippen molar-refractivity contribution in [1.82, 2.24) is 5.32 Å². The van der Waals surface area contributed by atoms with E-state index in [2.05, 4.69) is 5.32 Å². The minimum atomic E-state index is -0.0425. The monoisotopic (exact) mass is 366 g/mol. The van der Waals surface area contributed by atoms with Gasteiger partial charge >= 0.3 is 0 Å². The lowest BCUT2D eigenvalue weighted by Crippen LogP contribution is -2.25. The van der Waals surface area contributed by atoms with Crippen LogP contribution in [0.15, 0.2) is 42.5 Å². The van der Waals surface area contributed by atoms with Gasteiger partial charge in [-0.2, -0.15) is 0 Å². The van der Waals surface area contributed by atoms with Crippen molar-refractivity contribution in [3.05, 3.63) is 59.2 Å². The first-order chi connectivity index (χ1) is 13.0. The quantitative estimate of drug-likeness (QED) is 0.816. The summed E-state index contributed by atoms with van der Waals surface area (Å²) in [5, 5.41) is 2.91. The number of amides is 2. The summed E-state index contributed by atoms with van der Waals surface area (Å²) in [6.45, 7) is 5.62. The molecular formula is C22H26N2O3. The van der Waals surface area contributed by atoms with Gasteiger partial charge in [-0.1, -0.05) is 24.3 Å². The van der Waals surface area contributed by atoms with Gasteiger partial charge in [-0.05, 0) is 55.2 Å². The molecule has 1 N–H and O–H groups in total. The average Bonchev–Trinajstić information content (AvgIpc) is 3.09. The number of carbonyl (C=O) groups is 2. The molecule has 1 heterocycles. The molecule has 0 spiro atoms. The van der Waals surface area contributed by atoms with Crippen molar-refractivity contribution in [2.75, 3.05) is 18.1 Å². The van der Waals surface area contributed by atoms with Crippen LogP contribution >= 0.6 is 0 Å². The molecule has 2 aromatic carbocycles. The largest absolute Gasteiger partial charge is 0.493 e. The highest BCUT2D eigenvalue weighted by molar-refractivity contribution is 5.95. The first-order valence-electron chi connectivity index (χ1n) is 9.39. The third-order valence-electron chi connectivity index (χ3n) is 4.74. The molecule has 0 atom stereocenters. The molecule has 1 aliphatic heterocycles. The van der Waals surface area contributed by atoms with Gasteiger partial charge < -0.3 is 15.0 Å². The molecule has 2 amide bonds. The summed E-state index contributed by atoms with van der Waals surface area (Å²) in [5.74, 6) is 0.967. The van der Waals surface area contributed by atoms with E-state index in [0.29, 0.717) is 26.0 Å². The number of anilines is 1. The second-order valence-electron chi connectivity index (χ2n) is 6.96. The van der Waals surface area contributed by atoms with E-state index in [4.69, 9.17) is 4.74 Å². The van der Waals surface area contributed by atoms with Crippen LogP contribution in [0, 0.1) is 13.8 Å². The summed E-state index contributed by atoms with van der Waals surface area (Å²) in [4.78, 5) is 25.6. The predicted molar refractivity (Wildman–Crippen MR) is 106 cm³/mol. The Labute approximate surface area is 160 Å². The fraction of sp³-hybridized carbons (Fsp3) is 0.364. The Morgan fingerprint density at radius 2 is 1.93 bits per heavy atom. The molecule has 5 nitrogen and oxygen atoms in total. The molecule has 1 saturated heterocycles. The number of benzene rings is 2. The molecule has 1 fully saturated rings. The van der Waals surface area contributed by atoms with Crippen molar-refractivity contribution in [2.45, 2.75) is 39.7 Å². The zero-order valence-corrected chi connectivity index (χ0v) is 16.0. The molecule has 0 unspecified atom stereocenters. The van der Waals surface area contributed by atoms with E-state index in [1.54, 1.807) is 0 Å². The second kappa shape index (κ2) is 8.71. The average molecular weight is 366 g/mol. The van der Waals surface area contributed by atoms with Crippen LogP contribution in [-0.4, -0.2) is 25.0 Å². The predicted octanol–water partition coefficient (Wildman–Crippen LogP) is 3.52. The third kappa shape index (κ3) is 5.09. The van der Waals surface area contributed by atoms with Gasteiger partial charge in [0, 0.05) is 25.2 Å². The highest BCUT2D eigenvalue weighted by Gasteiger charge is 2.21. The van der Waals surface area contributed by atoms with Crippen molar-refractivity contribution in [1.29, 1.82) is 0 Å². The number of aryl methyl sites for hydroxylation is 2. The van der Waals surface area contributed by atoms with E-state index in [-0.39, 0.29) is 11.8 Å². The lowest BCUT2D eigenvalue weighted by atomic mass is 10.1. The topological polar surface area (TPSA) is 58.6 Å². The Balaban J connectivity index is 1.42. The molecular weight excluding hydrogens is 340 g/mol. The number of nitrogens with one attached hydrogen (secondary N) is 1. The van der Waals surface area contributed by atoms with E-state index < -0.39 is 0 Å². The minimum Gasteiger partial charge on any atom is -0.493 e. The van der Waals surface area contributed by atoms with Crippen LogP contribution < -0.4 is 15.0 Å². The molecule has 3 rings (SSSR count). The summed E-state index contributed by atoms with van der Waals surface area (Å²) in [5.41, 5.74) is 4.14. The van der Waals surface area contributed by atoms with Crippen LogP contribution in [0.2, 0.25) is 0 Å². The molecule has 0 radical (unpaired) electrons. The van der Waals surface area contributed by atoms with E-state index >= 15 is 0 Å². The lowest BCUT2D eigenvalue weighted by Gasteiger charge is -2.16. The number of hydrogen-bond donors (Lipinski definition) is 1. The Kier molecular flexibility index (Phi) is 6.12. The standard InChI is InChI=1S/C22H26N2O3/c1-16-5-6-17(2)20(14-16)27-13-11-21(25)23-15-18-7-9-19(10-8-18)24-12-3-4-22(24)26/h5-10,14H,3-4,11-13,15H2,1-2H3,(H,23,25). The summed E-state index contributed by atoms with van der Waals surface area (Å²) >= 11 is 0. The molecule has 2 aromatic rings. The van der Waals surface area contributed by atoms with Crippen molar-refractivity contribution in [3.63, 3.8) is 0 Å². The Bertz CT molecular complexity index is 815. The van der Waals surface area contributed by atoms with Gasteiger partial charge in [0.25, 0.3) is 0 Å². The highest BCUT2D eigenvalue weighted by Crippen LogP contribution is 2.21. The van der Waals surface area contributed by atoms with Crippen LogP contribution in [-0.2, 0) is 16.1 Å². The van der Waals surface area contributed by atoms with E-state index in [9.17, 15) is 9.59 Å². The van der Waals surface area contributed by atoms with E-state index in [1.807, 2.05) is 61.2 Å². The van der Waals surface area contributed by atoms with Gasteiger partial charge in [0.2, 0.25) is 11.8 Å². The summed E-state index contributed by atoms with van der Waals surface area (Å²) in [6, 6.07) is 13.8. The minimum absolute atomic E-state index is 0.0425. The van der Waals surface area contributed by atoms with Gasteiger partial charge in [0.05, 0.1) is 13.0 Å². The summed E-state index contributed by atoms with van der Waals surface area (Å²) in [7, 11) is 0. The highest BCUT2D eigenvalue weighted by atomic mass is 16.5. The van der Waals surface area contributed by atoms with Crippen molar-refractivity contribution < 1.29 is 14.3 Å². The number of carbonyl (C=O) groups excluding carboxylic acids is 2. The first kappa shape index (κ1) is 19.0. The molecule has 0 aromatic heterocycles. The first-order valence-corrected chi connectivity index (χ1v) is 9.39. The summed E-state index contributed by atoms with van der Waals surface area (Å²) < 4.78 is 5.72. The van der Waals surface area contributed by atoms with E-state index in [0.717, 1.165) is 41.1 Å². The van der Waals surface area contributed by atoms with Gasteiger partial charge in [-0.3, -0.25) is 9.59 Å². The maximum Gasteiger partial charge on any atom is 0.227 e. The molecule has 0 saturated carbocycles. The SMILES string of the molecule is Cc1ccc(C)c(OCCC(=O)NCc2ccc(N3CCCC3=O)cc2)c1.